The maximum Gasteiger partial charge on any atom is 0.134 e. The Kier molecular flexibility index (Phi) is 3.72. The lowest BCUT2D eigenvalue weighted by atomic mass is 10.1. The molecule has 1 atom stereocenters. The molecule has 0 aliphatic carbocycles. The second kappa shape index (κ2) is 5.86. The van der Waals surface area contributed by atoms with Crippen LogP contribution in [0.1, 0.15) is 25.5 Å². The number of benzene rings is 1. The lowest BCUT2D eigenvalue weighted by molar-refractivity contribution is 0.266. The monoisotopic (exact) mass is 312 g/mol. The number of fused-ring (bicyclic) bond motifs is 1. The lowest BCUT2D eigenvalue weighted by Crippen LogP contribution is -2.28. The maximum absolute atomic E-state index is 6.05. The summed E-state index contributed by atoms with van der Waals surface area (Å²) in [6.07, 6.45) is 3.64. The van der Waals surface area contributed by atoms with E-state index in [1.807, 2.05) is 17.6 Å². The minimum absolute atomic E-state index is 0.718. The molecule has 4 heteroatoms. The van der Waals surface area contributed by atoms with Crippen molar-refractivity contribution in [3.63, 3.8) is 0 Å². The van der Waals surface area contributed by atoms with Crippen molar-refractivity contribution in [2.45, 2.75) is 32.2 Å². The van der Waals surface area contributed by atoms with Crippen LogP contribution in [0, 0.1) is 0 Å². The molecule has 4 rings (SSSR count). The first-order chi connectivity index (χ1) is 10.8. The Morgan fingerprint density at radius 3 is 3.14 bits per heavy atom. The summed E-state index contributed by atoms with van der Waals surface area (Å²) in [5.41, 5.74) is 5.05. The van der Waals surface area contributed by atoms with Gasteiger partial charge >= 0.3 is 0 Å². The van der Waals surface area contributed by atoms with E-state index in [0.717, 1.165) is 36.0 Å². The molecule has 3 heterocycles. The molecule has 0 radical (unpaired) electrons. The number of thiazole rings is 1. The highest BCUT2D eigenvalue weighted by molar-refractivity contribution is 7.07. The van der Waals surface area contributed by atoms with Gasteiger partial charge in [0.1, 0.15) is 11.3 Å². The van der Waals surface area contributed by atoms with Gasteiger partial charge in [-0.15, -0.1) is 11.3 Å². The molecule has 3 nitrogen and oxygen atoms in total. The summed E-state index contributed by atoms with van der Waals surface area (Å²) in [5, 5.41) is 3.27. The van der Waals surface area contributed by atoms with Crippen LogP contribution in [0.3, 0.4) is 0 Å². The molecule has 0 spiro atoms. The molecule has 0 amide bonds. The average molecular weight is 312 g/mol. The molecular weight excluding hydrogens is 292 g/mol. The van der Waals surface area contributed by atoms with Crippen LogP contribution in [0.2, 0.25) is 0 Å². The number of hydrogen-bond acceptors (Lipinski definition) is 4. The van der Waals surface area contributed by atoms with E-state index in [9.17, 15) is 0 Å². The zero-order chi connectivity index (χ0) is 14.9. The van der Waals surface area contributed by atoms with Crippen LogP contribution < -0.4 is 0 Å². The van der Waals surface area contributed by atoms with Gasteiger partial charge in [0.15, 0.2) is 0 Å². The number of aromatic nitrogens is 1. The van der Waals surface area contributed by atoms with Gasteiger partial charge in [-0.1, -0.05) is 12.1 Å². The van der Waals surface area contributed by atoms with Gasteiger partial charge in [0.25, 0.3) is 0 Å². The van der Waals surface area contributed by atoms with Gasteiger partial charge < -0.3 is 9.32 Å². The molecule has 0 unspecified atom stereocenters. The zero-order valence-electron chi connectivity index (χ0n) is 12.8. The number of likely N-dealkylation sites (tertiary alicyclic amines) is 1. The van der Waals surface area contributed by atoms with Gasteiger partial charge in [0, 0.05) is 35.3 Å². The van der Waals surface area contributed by atoms with Crippen molar-refractivity contribution in [2.75, 3.05) is 13.1 Å². The fourth-order valence-electron chi connectivity index (χ4n) is 3.38. The van der Waals surface area contributed by atoms with E-state index >= 15 is 0 Å². The van der Waals surface area contributed by atoms with E-state index in [1.165, 1.54) is 30.3 Å². The van der Waals surface area contributed by atoms with Crippen molar-refractivity contribution in [3.05, 3.63) is 40.9 Å². The highest BCUT2D eigenvalue weighted by atomic mass is 32.1. The van der Waals surface area contributed by atoms with E-state index in [0.29, 0.717) is 0 Å². The fraction of sp³-hybridized carbons (Fsp3) is 0.389. The van der Waals surface area contributed by atoms with Gasteiger partial charge in [0.05, 0.1) is 11.2 Å². The smallest absolute Gasteiger partial charge is 0.134 e. The Morgan fingerprint density at radius 1 is 1.41 bits per heavy atom. The van der Waals surface area contributed by atoms with E-state index in [-0.39, 0.29) is 0 Å². The molecule has 0 saturated carbocycles. The predicted octanol–water partition coefficient (Wildman–Crippen LogP) is 4.58. The summed E-state index contributed by atoms with van der Waals surface area (Å²) in [5.74, 6) is 1.08. The topological polar surface area (TPSA) is 29.3 Å². The van der Waals surface area contributed by atoms with E-state index in [2.05, 4.69) is 34.3 Å². The van der Waals surface area contributed by atoms with E-state index < -0.39 is 0 Å². The second-order valence-corrected chi connectivity index (χ2v) is 6.80. The predicted molar refractivity (Wildman–Crippen MR) is 91.3 cm³/mol. The third kappa shape index (κ3) is 2.57. The molecule has 1 aliphatic heterocycles. The van der Waals surface area contributed by atoms with Crippen LogP contribution in [-0.4, -0.2) is 29.0 Å². The van der Waals surface area contributed by atoms with Gasteiger partial charge in [-0.2, -0.15) is 0 Å². The van der Waals surface area contributed by atoms with Gasteiger partial charge in [-0.05, 0) is 38.4 Å². The first-order valence-electron chi connectivity index (χ1n) is 7.95. The Balaban J connectivity index is 1.59. The molecule has 0 N–H and O–H groups in total. The lowest BCUT2D eigenvalue weighted by Gasteiger charge is -2.19. The Bertz CT molecular complexity index is 763. The van der Waals surface area contributed by atoms with E-state index in [1.54, 1.807) is 11.3 Å². The van der Waals surface area contributed by atoms with Gasteiger partial charge in [-0.25, -0.2) is 4.98 Å². The Labute approximate surface area is 134 Å². The minimum Gasteiger partial charge on any atom is -0.461 e. The first-order valence-corrected chi connectivity index (χ1v) is 8.89. The SMILES string of the molecule is C[C@@H]1CCCN1CCc1cc2c(-c3cscn3)cccc2o1. The van der Waals surface area contributed by atoms with Crippen LogP contribution >= 0.6 is 11.3 Å². The molecule has 3 aromatic rings. The van der Waals surface area contributed by atoms with Crippen LogP contribution in [0.5, 0.6) is 0 Å². The van der Waals surface area contributed by atoms with Crippen molar-refractivity contribution < 1.29 is 4.42 Å². The first kappa shape index (κ1) is 14.0. The molecule has 0 bridgehead atoms. The standard InChI is InChI=1S/C18H20N2OS/c1-13-4-3-8-20(13)9-7-14-10-16-15(17-11-22-12-19-17)5-2-6-18(16)21-14/h2,5-6,10-13H,3-4,7-9H2,1H3/t13-/m1/s1. The van der Waals surface area contributed by atoms with Gasteiger partial charge in [-0.3, -0.25) is 0 Å². The largest absolute Gasteiger partial charge is 0.461 e. The summed E-state index contributed by atoms with van der Waals surface area (Å²) >= 11 is 1.63. The number of rotatable bonds is 4. The Morgan fingerprint density at radius 2 is 2.36 bits per heavy atom. The molecule has 1 fully saturated rings. The van der Waals surface area contributed by atoms with Crippen LogP contribution in [-0.2, 0) is 6.42 Å². The van der Waals surface area contributed by atoms with Crippen molar-refractivity contribution in [2.24, 2.45) is 0 Å². The fourth-order valence-corrected chi connectivity index (χ4v) is 3.94. The number of hydrogen-bond donors (Lipinski definition) is 0. The molecule has 1 aromatic carbocycles. The van der Waals surface area contributed by atoms with E-state index in [4.69, 9.17) is 4.42 Å². The maximum atomic E-state index is 6.05. The number of nitrogens with zero attached hydrogens (tertiary/aromatic N) is 2. The van der Waals surface area contributed by atoms with Crippen molar-refractivity contribution in [1.82, 2.24) is 9.88 Å². The van der Waals surface area contributed by atoms with Crippen LogP contribution in [0.25, 0.3) is 22.2 Å². The van der Waals surface area contributed by atoms with Crippen molar-refractivity contribution in [3.8, 4) is 11.3 Å². The highest BCUT2D eigenvalue weighted by Gasteiger charge is 2.20. The van der Waals surface area contributed by atoms with Crippen molar-refractivity contribution in [1.29, 1.82) is 0 Å². The highest BCUT2D eigenvalue weighted by Crippen LogP contribution is 2.31. The third-order valence-electron chi connectivity index (χ3n) is 4.66. The Hall–Kier alpha value is -1.65. The summed E-state index contributed by atoms with van der Waals surface area (Å²) in [6, 6.07) is 9.14. The molecule has 1 aliphatic rings. The third-order valence-corrected chi connectivity index (χ3v) is 5.24. The van der Waals surface area contributed by atoms with Crippen LogP contribution in [0.4, 0.5) is 0 Å². The van der Waals surface area contributed by atoms with Crippen molar-refractivity contribution >= 4 is 22.3 Å². The normalized spacial score (nSPS) is 19.2. The molecule has 2 aromatic heterocycles. The molecule has 114 valence electrons. The molecule has 22 heavy (non-hydrogen) atoms. The summed E-state index contributed by atoms with van der Waals surface area (Å²) in [4.78, 5) is 7.00. The number of furan rings is 1. The zero-order valence-corrected chi connectivity index (χ0v) is 13.6. The molecular formula is C18H20N2OS. The molecule has 1 saturated heterocycles. The van der Waals surface area contributed by atoms with Gasteiger partial charge in [0.2, 0.25) is 0 Å². The summed E-state index contributed by atoms with van der Waals surface area (Å²) in [6.45, 7) is 4.64. The summed E-state index contributed by atoms with van der Waals surface area (Å²) in [7, 11) is 0. The summed E-state index contributed by atoms with van der Waals surface area (Å²) < 4.78 is 6.05. The quantitative estimate of drug-likeness (QED) is 0.706. The second-order valence-electron chi connectivity index (χ2n) is 6.08. The average Bonchev–Trinajstić information content (AvgIpc) is 3.25. The minimum atomic E-state index is 0.718. The van der Waals surface area contributed by atoms with Crippen LogP contribution in [0.15, 0.2) is 39.6 Å².